The van der Waals surface area contributed by atoms with Crippen LogP contribution in [0, 0.1) is 19.8 Å². The van der Waals surface area contributed by atoms with Gasteiger partial charge in [0.2, 0.25) is 0 Å². The number of carbonyl (C=O) groups excluding carboxylic acids is 2. The minimum Gasteiger partial charge on any atom is -0.462 e. The second-order valence-electron chi connectivity index (χ2n) is 5.14. The lowest BCUT2D eigenvalue weighted by Gasteiger charge is -2.07. The number of carbonyl (C=O) groups is 2. The average molecular weight is 254 g/mol. The van der Waals surface area contributed by atoms with Gasteiger partial charge >= 0.3 is 5.97 Å². The van der Waals surface area contributed by atoms with E-state index in [9.17, 15) is 9.59 Å². The highest BCUT2D eigenvalue weighted by atomic mass is 16.5. The number of ether oxygens (including phenoxy) is 1. The summed E-state index contributed by atoms with van der Waals surface area (Å²) < 4.78 is 4.76. The fourth-order valence-corrected chi connectivity index (χ4v) is 1.66. The van der Waals surface area contributed by atoms with E-state index in [1.807, 2.05) is 0 Å². The summed E-state index contributed by atoms with van der Waals surface area (Å²) in [5, 5.41) is 0. The molecule has 0 bridgehead atoms. The van der Waals surface area contributed by atoms with Crippen LogP contribution >= 0.6 is 0 Å². The number of ketones is 1. The van der Waals surface area contributed by atoms with Crippen LogP contribution in [-0.4, -0.2) is 17.9 Å². The number of hydrogen-bond donors (Lipinski definition) is 0. The van der Waals surface area contributed by atoms with E-state index >= 15 is 0 Å². The molecular formula is C15H26O3. The lowest BCUT2D eigenvalue weighted by Crippen LogP contribution is -2.13. The first-order valence-electron chi connectivity index (χ1n) is 6.79. The number of esters is 1. The Bertz CT molecular complexity index is 244. The number of rotatable bonds is 10. The first kappa shape index (κ1) is 17.1. The monoisotopic (exact) mass is 254 g/mol. The Morgan fingerprint density at radius 1 is 1.00 bits per heavy atom. The molecule has 0 aliphatic rings. The molecule has 0 aliphatic carbocycles. The zero-order valence-electron chi connectivity index (χ0n) is 11.7. The summed E-state index contributed by atoms with van der Waals surface area (Å²) in [6.45, 7) is 11.3. The van der Waals surface area contributed by atoms with E-state index in [0.29, 0.717) is 6.42 Å². The van der Waals surface area contributed by atoms with Crippen molar-refractivity contribution in [2.45, 2.75) is 64.9 Å². The Hall–Kier alpha value is -0.860. The third-order valence-corrected chi connectivity index (χ3v) is 2.64. The predicted molar refractivity (Wildman–Crippen MR) is 72.8 cm³/mol. The van der Waals surface area contributed by atoms with E-state index < -0.39 is 12.1 Å². The molecule has 0 aliphatic heterocycles. The van der Waals surface area contributed by atoms with Crippen LogP contribution in [0.3, 0.4) is 0 Å². The van der Waals surface area contributed by atoms with Crippen molar-refractivity contribution in [3.63, 3.8) is 0 Å². The standard InChI is InChI=1S/C15H26O3/c1-12(2)8-6-5-7-9-14(16)10-11-15(17)18-13(3)4/h12-13H,3-11H2,1-2H3. The average Bonchev–Trinajstić information content (AvgIpc) is 2.24. The quantitative estimate of drug-likeness (QED) is 0.442. The summed E-state index contributed by atoms with van der Waals surface area (Å²) in [6, 6.07) is 0. The highest BCUT2D eigenvalue weighted by Crippen LogP contribution is 2.10. The molecule has 0 heterocycles. The summed E-state index contributed by atoms with van der Waals surface area (Å²) >= 11 is 0. The zero-order valence-corrected chi connectivity index (χ0v) is 11.7. The van der Waals surface area contributed by atoms with Gasteiger partial charge in [0.15, 0.2) is 0 Å². The van der Waals surface area contributed by atoms with Crippen LogP contribution in [-0.2, 0) is 14.3 Å². The maximum Gasteiger partial charge on any atom is 0.306 e. The van der Waals surface area contributed by atoms with Crippen molar-refractivity contribution < 1.29 is 14.3 Å². The molecule has 0 saturated carbocycles. The van der Waals surface area contributed by atoms with E-state index in [-0.39, 0.29) is 18.6 Å². The summed E-state index contributed by atoms with van der Waals surface area (Å²) in [4.78, 5) is 22.6. The first-order chi connectivity index (χ1) is 8.41. The molecule has 0 atom stereocenters. The number of unbranched alkanes of at least 4 members (excludes halogenated alkanes) is 2. The Morgan fingerprint density at radius 3 is 2.22 bits per heavy atom. The van der Waals surface area contributed by atoms with E-state index in [0.717, 1.165) is 18.8 Å². The van der Waals surface area contributed by atoms with Crippen LogP contribution < -0.4 is 0 Å². The molecule has 0 aromatic heterocycles. The molecule has 0 amide bonds. The molecule has 2 radical (unpaired) electrons. The van der Waals surface area contributed by atoms with Gasteiger partial charge in [0, 0.05) is 12.8 Å². The molecule has 0 spiro atoms. The van der Waals surface area contributed by atoms with Gasteiger partial charge in [0.1, 0.15) is 11.9 Å². The molecule has 0 saturated heterocycles. The van der Waals surface area contributed by atoms with E-state index in [1.54, 1.807) is 0 Å². The Balaban J connectivity index is 3.46. The first-order valence-corrected chi connectivity index (χ1v) is 6.79. The van der Waals surface area contributed by atoms with Crippen LogP contribution in [0.25, 0.3) is 0 Å². The van der Waals surface area contributed by atoms with Crippen LogP contribution in [0.1, 0.15) is 58.8 Å². The minimum atomic E-state index is -0.594. The summed E-state index contributed by atoms with van der Waals surface area (Å²) in [7, 11) is 0. The lowest BCUT2D eigenvalue weighted by atomic mass is 10.0. The van der Waals surface area contributed by atoms with Gasteiger partial charge in [-0.2, -0.15) is 0 Å². The molecule has 0 unspecified atom stereocenters. The Kier molecular flexibility index (Phi) is 9.62. The molecule has 3 heteroatoms. The summed E-state index contributed by atoms with van der Waals surface area (Å²) in [5.74, 6) is 0.480. The fourth-order valence-electron chi connectivity index (χ4n) is 1.66. The van der Waals surface area contributed by atoms with Gasteiger partial charge < -0.3 is 4.74 Å². The second-order valence-corrected chi connectivity index (χ2v) is 5.14. The molecule has 0 rings (SSSR count). The normalized spacial score (nSPS) is 11.0. The number of hydrogen-bond acceptors (Lipinski definition) is 3. The van der Waals surface area contributed by atoms with Gasteiger partial charge in [0.05, 0.1) is 6.42 Å². The highest BCUT2D eigenvalue weighted by Gasteiger charge is 2.09. The lowest BCUT2D eigenvalue weighted by molar-refractivity contribution is -0.146. The van der Waals surface area contributed by atoms with Crippen LogP contribution in [0.2, 0.25) is 0 Å². The van der Waals surface area contributed by atoms with Gasteiger partial charge in [-0.05, 0) is 26.2 Å². The van der Waals surface area contributed by atoms with Crippen molar-refractivity contribution in [1.82, 2.24) is 0 Å². The topological polar surface area (TPSA) is 43.4 Å². The van der Waals surface area contributed by atoms with Gasteiger partial charge in [-0.15, -0.1) is 0 Å². The molecular weight excluding hydrogens is 228 g/mol. The molecule has 0 aromatic carbocycles. The number of Topliss-reactive ketones (excluding diaryl/α,β-unsaturated/α-hetero) is 1. The predicted octanol–water partition coefficient (Wildman–Crippen LogP) is 3.52. The van der Waals surface area contributed by atoms with E-state index in [4.69, 9.17) is 4.74 Å². The van der Waals surface area contributed by atoms with Gasteiger partial charge in [0.25, 0.3) is 0 Å². The Morgan fingerprint density at radius 2 is 1.67 bits per heavy atom. The van der Waals surface area contributed by atoms with Crippen molar-refractivity contribution >= 4 is 11.8 Å². The zero-order chi connectivity index (χ0) is 14.0. The van der Waals surface area contributed by atoms with Crippen molar-refractivity contribution in [2.75, 3.05) is 0 Å². The van der Waals surface area contributed by atoms with Crippen LogP contribution in [0.15, 0.2) is 0 Å². The minimum absolute atomic E-state index is 0.140. The largest absolute Gasteiger partial charge is 0.462 e. The second kappa shape index (κ2) is 10.1. The highest BCUT2D eigenvalue weighted by molar-refractivity contribution is 5.82. The van der Waals surface area contributed by atoms with E-state index in [1.165, 1.54) is 12.8 Å². The van der Waals surface area contributed by atoms with Crippen molar-refractivity contribution in [1.29, 1.82) is 0 Å². The fraction of sp³-hybridized carbons (Fsp3) is 0.733. The smallest absolute Gasteiger partial charge is 0.306 e. The van der Waals surface area contributed by atoms with Gasteiger partial charge in [-0.25, -0.2) is 0 Å². The third-order valence-electron chi connectivity index (χ3n) is 2.64. The van der Waals surface area contributed by atoms with Crippen LogP contribution in [0.5, 0.6) is 0 Å². The maximum absolute atomic E-state index is 11.5. The molecule has 3 nitrogen and oxygen atoms in total. The molecule has 104 valence electrons. The van der Waals surface area contributed by atoms with E-state index in [2.05, 4.69) is 27.7 Å². The molecule has 0 N–H and O–H groups in total. The summed E-state index contributed by atoms with van der Waals surface area (Å²) in [5.41, 5.74) is 0. The molecule has 18 heavy (non-hydrogen) atoms. The van der Waals surface area contributed by atoms with Crippen molar-refractivity contribution in [3.05, 3.63) is 13.8 Å². The van der Waals surface area contributed by atoms with Crippen LogP contribution in [0.4, 0.5) is 0 Å². The summed E-state index contributed by atoms with van der Waals surface area (Å²) in [6.07, 6.45) is 4.81. The SMILES string of the molecule is [CH2]C([CH2])OC(=O)CCC(=O)CCCCCC(C)C. The van der Waals surface area contributed by atoms with Crippen molar-refractivity contribution in [3.8, 4) is 0 Å². The Labute approximate surface area is 111 Å². The molecule has 0 fully saturated rings. The van der Waals surface area contributed by atoms with Gasteiger partial charge in [-0.1, -0.05) is 33.1 Å². The molecule has 0 aromatic rings. The van der Waals surface area contributed by atoms with Crippen molar-refractivity contribution in [2.24, 2.45) is 5.92 Å². The third kappa shape index (κ3) is 11.6. The van der Waals surface area contributed by atoms with Gasteiger partial charge in [-0.3, -0.25) is 9.59 Å². The maximum atomic E-state index is 11.5.